The largest absolute Gasteiger partial charge is 0.495 e. The lowest BCUT2D eigenvalue weighted by atomic mass is 10.2. The van der Waals surface area contributed by atoms with Crippen molar-refractivity contribution in [3.05, 3.63) is 47.4 Å². The van der Waals surface area contributed by atoms with Gasteiger partial charge in [-0.1, -0.05) is 11.6 Å². The van der Waals surface area contributed by atoms with Crippen molar-refractivity contribution in [1.29, 1.82) is 0 Å². The Morgan fingerprint density at radius 2 is 2.08 bits per heavy atom. The van der Waals surface area contributed by atoms with Gasteiger partial charge in [-0.15, -0.1) is 0 Å². The maximum absolute atomic E-state index is 6.20. The molecule has 0 amide bonds. The molecule has 1 aromatic heterocycles. The molecule has 0 aliphatic heterocycles. The van der Waals surface area contributed by atoms with Crippen LogP contribution in [0.2, 0.25) is 5.02 Å². The van der Waals surface area contributed by atoms with E-state index in [0.29, 0.717) is 15.9 Å². The summed E-state index contributed by atoms with van der Waals surface area (Å²) >= 11 is 11.8. The molecular weight excluding hydrogens is 358 g/mol. The number of likely N-dealkylation sites (N-methyl/N-ethyl adjacent to an activating group) is 1. The van der Waals surface area contributed by atoms with Crippen molar-refractivity contribution in [2.45, 2.75) is 13.0 Å². The second-order valence-electron chi connectivity index (χ2n) is 5.97. The molecule has 1 atom stereocenters. The zero-order valence-corrected chi connectivity index (χ0v) is 16.5. The minimum Gasteiger partial charge on any atom is -0.495 e. The van der Waals surface area contributed by atoms with Gasteiger partial charge < -0.3 is 24.3 Å². The van der Waals surface area contributed by atoms with Crippen LogP contribution in [0.25, 0.3) is 0 Å². The van der Waals surface area contributed by atoms with Gasteiger partial charge in [0, 0.05) is 18.8 Å². The van der Waals surface area contributed by atoms with Gasteiger partial charge in [-0.2, -0.15) is 0 Å². The number of anilines is 1. The van der Waals surface area contributed by atoms with Crippen LogP contribution >= 0.6 is 23.8 Å². The predicted octanol–water partition coefficient (Wildman–Crippen LogP) is 4.26. The highest BCUT2D eigenvalue weighted by atomic mass is 35.5. The van der Waals surface area contributed by atoms with E-state index >= 15 is 0 Å². The van der Waals surface area contributed by atoms with Gasteiger partial charge in [-0.3, -0.25) is 0 Å². The lowest BCUT2D eigenvalue weighted by Crippen LogP contribution is -2.40. The van der Waals surface area contributed by atoms with Crippen molar-refractivity contribution in [2.24, 2.45) is 0 Å². The fourth-order valence-electron chi connectivity index (χ4n) is 2.40. The van der Waals surface area contributed by atoms with E-state index in [0.717, 1.165) is 24.5 Å². The smallest absolute Gasteiger partial charge is 0.174 e. The monoisotopic (exact) mass is 381 g/mol. The van der Waals surface area contributed by atoms with Gasteiger partial charge in [0.25, 0.3) is 0 Å². The number of hydrogen-bond acceptors (Lipinski definition) is 4. The number of furan rings is 1. The van der Waals surface area contributed by atoms with Crippen LogP contribution in [0.1, 0.15) is 18.7 Å². The molecule has 25 heavy (non-hydrogen) atoms. The third kappa shape index (κ3) is 5.36. The van der Waals surface area contributed by atoms with Crippen molar-refractivity contribution in [2.75, 3.05) is 39.6 Å². The van der Waals surface area contributed by atoms with Gasteiger partial charge in [0.1, 0.15) is 11.5 Å². The molecule has 0 radical (unpaired) electrons. The van der Waals surface area contributed by atoms with Gasteiger partial charge in [0.05, 0.1) is 24.4 Å². The Balaban J connectivity index is 2.15. The first-order valence-electron chi connectivity index (χ1n) is 8.01. The minimum absolute atomic E-state index is 0.0173. The Labute approximate surface area is 159 Å². The number of methoxy groups -OCH3 is 1. The second kappa shape index (κ2) is 9.08. The van der Waals surface area contributed by atoms with Crippen LogP contribution < -0.4 is 10.1 Å². The molecule has 5 nitrogen and oxygen atoms in total. The van der Waals surface area contributed by atoms with E-state index < -0.39 is 0 Å². The molecule has 1 aromatic carbocycles. The van der Waals surface area contributed by atoms with Crippen LogP contribution in [0, 0.1) is 0 Å². The van der Waals surface area contributed by atoms with E-state index in [9.17, 15) is 0 Å². The third-order valence-corrected chi connectivity index (χ3v) is 4.51. The summed E-state index contributed by atoms with van der Waals surface area (Å²) in [5, 5.41) is 4.41. The summed E-state index contributed by atoms with van der Waals surface area (Å²) in [7, 11) is 5.66. The molecule has 2 rings (SSSR count). The average molecular weight is 382 g/mol. The van der Waals surface area contributed by atoms with Gasteiger partial charge in [-0.25, -0.2) is 0 Å². The first kappa shape index (κ1) is 19.6. The fourth-order valence-corrected chi connectivity index (χ4v) is 3.03. The van der Waals surface area contributed by atoms with Crippen molar-refractivity contribution in [3.63, 3.8) is 0 Å². The van der Waals surface area contributed by atoms with Gasteiger partial charge in [-0.05, 0) is 63.6 Å². The summed E-state index contributed by atoms with van der Waals surface area (Å²) in [6.45, 7) is 3.71. The maximum atomic E-state index is 6.20. The number of thiocarbonyl (C=S) groups is 1. The Kier molecular flexibility index (Phi) is 7.11. The molecule has 0 saturated carbocycles. The van der Waals surface area contributed by atoms with E-state index in [1.54, 1.807) is 19.4 Å². The molecule has 0 bridgehead atoms. The quantitative estimate of drug-likeness (QED) is 0.722. The normalized spacial score (nSPS) is 12.1. The molecule has 0 spiro atoms. The third-order valence-electron chi connectivity index (χ3n) is 3.87. The van der Waals surface area contributed by atoms with Crippen molar-refractivity contribution in [3.8, 4) is 5.75 Å². The molecule has 0 saturated heterocycles. The molecule has 1 N–H and O–H groups in total. The van der Waals surface area contributed by atoms with Crippen LogP contribution in [0.4, 0.5) is 5.69 Å². The molecular formula is C18H24ClN3O2S. The maximum Gasteiger partial charge on any atom is 0.174 e. The highest BCUT2D eigenvalue weighted by molar-refractivity contribution is 7.80. The number of nitrogens with one attached hydrogen (secondary N) is 1. The first-order chi connectivity index (χ1) is 11.9. The van der Waals surface area contributed by atoms with E-state index in [1.165, 1.54) is 0 Å². The van der Waals surface area contributed by atoms with Gasteiger partial charge in [0.15, 0.2) is 5.11 Å². The predicted molar refractivity (Wildman–Crippen MR) is 107 cm³/mol. The van der Waals surface area contributed by atoms with Crippen molar-refractivity contribution in [1.82, 2.24) is 9.80 Å². The lowest BCUT2D eigenvalue weighted by molar-refractivity contribution is 0.263. The fraction of sp³-hybridized carbons (Fsp3) is 0.389. The zero-order valence-electron chi connectivity index (χ0n) is 15.0. The highest BCUT2D eigenvalue weighted by Crippen LogP contribution is 2.28. The van der Waals surface area contributed by atoms with Crippen LogP contribution in [0.5, 0.6) is 5.75 Å². The topological polar surface area (TPSA) is 40.9 Å². The lowest BCUT2D eigenvalue weighted by Gasteiger charge is -2.31. The Morgan fingerprint density at radius 1 is 1.32 bits per heavy atom. The molecule has 0 aliphatic rings. The summed E-state index contributed by atoms with van der Waals surface area (Å²) in [5.41, 5.74) is 0.817. The number of rotatable bonds is 7. The number of halogens is 1. The summed E-state index contributed by atoms with van der Waals surface area (Å²) in [6, 6.07) is 9.36. The van der Waals surface area contributed by atoms with Gasteiger partial charge in [0.2, 0.25) is 0 Å². The molecule has 2 aromatic rings. The Morgan fingerprint density at radius 3 is 2.64 bits per heavy atom. The van der Waals surface area contributed by atoms with Crippen LogP contribution in [-0.4, -0.2) is 49.2 Å². The van der Waals surface area contributed by atoms with E-state index in [4.69, 9.17) is 33.0 Å². The second-order valence-corrected chi connectivity index (χ2v) is 6.76. The van der Waals surface area contributed by atoms with E-state index in [1.807, 2.05) is 38.4 Å². The van der Waals surface area contributed by atoms with Crippen LogP contribution in [0.15, 0.2) is 41.0 Å². The number of nitrogens with zero attached hydrogens (tertiary/aromatic N) is 2. The molecule has 0 unspecified atom stereocenters. The van der Waals surface area contributed by atoms with Crippen molar-refractivity contribution < 1.29 is 9.15 Å². The van der Waals surface area contributed by atoms with Crippen LogP contribution in [0.3, 0.4) is 0 Å². The summed E-state index contributed by atoms with van der Waals surface area (Å²) in [6.07, 6.45) is 1.68. The van der Waals surface area contributed by atoms with Crippen LogP contribution in [-0.2, 0) is 0 Å². The standard InChI is InChI=1S/C18H24ClN3O2S/c1-13(16-6-5-11-24-16)22(10-9-21(2)3)18(25)20-14-7-8-17(23-4)15(19)12-14/h5-8,11-13H,9-10H2,1-4H3,(H,20,25)/t13-/m0/s1. The average Bonchev–Trinajstić information content (AvgIpc) is 3.09. The van der Waals surface area contributed by atoms with E-state index in [-0.39, 0.29) is 6.04 Å². The Hall–Kier alpha value is -1.76. The summed E-state index contributed by atoms with van der Waals surface area (Å²) in [5.74, 6) is 1.50. The van der Waals surface area contributed by atoms with E-state index in [2.05, 4.69) is 22.0 Å². The molecule has 1 heterocycles. The first-order valence-corrected chi connectivity index (χ1v) is 8.80. The molecule has 0 fully saturated rings. The Bertz CT molecular complexity index is 692. The number of hydrogen-bond donors (Lipinski definition) is 1. The summed E-state index contributed by atoms with van der Waals surface area (Å²) < 4.78 is 10.7. The highest BCUT2D eigenvalue weighted by Gasteiger charge is 2.21. The van der Waals surface area contributed by atoms with Crippen molar-refractivity contribution >= 4 is 34.6 Å². The molecule has 7 heteroatoms. The number of benzene rings is 1. The number of ether oxygens (including phenoxy) is 1. The molecule has 136 valence electrons. The summed E-state index contributed by atoms with van der Waals surface area (Å²) in [4.78, 5) is 4.22. The van der Waals surface area contributed by atoms with Gasteiger partial charge >= 0.3 is 0 Å². The minimum atomic E-state index is 0.0173. The molecule has 0 aliphatic carbocycles. The SMILES string of the molecule is COc1ccc(NC(=S)N(CCN(C)C)[C@@H](C)c2ccco2)cc1Cl. The zero-order chi connectivity index (χ0) is 18.4.